The number of nitro groups is 2. The first kappa shape index (κ1) is 20.1. The van der Waals surface area contributed by atoms with Gasteiger partial charge in [-0.3, -0.25) is 35.2 Å². The molecule has 0 unspecified atom stereocenters. The topological polar surface area (TPSA) is 136 Å². The van der Waals surface area contributed by atoms with Crippen molar-refractivity contribution in [3.63, 3.8) is 0 Å². The number of hydrogen-bond acceptors (Lipinski definition) is 6. The normalized spacial score (nSPS) is 10.1. The SMILES string of the molecule is O=C(NN(C(=O)c1ccc([N+](=O)[O-])cc1)c1ccccc1)c1ccc([N+](=O)[O-])cc1. The Kier molecular flexibility index (Phi) is 5.78. The second-order valence-corrected chi connectivity index (χ2v) is 6.03. The van der Waals surface area contributed by atoms with Crippen molar-refractivity contribution < 1.29 is 19.4 Å². The molecule has 2 amide bonds. The summed E-state index contributed by atoms with van der Waals surface area (Å²) >= 11 is 0. The maximum Gasteiger partial charge on any atom is 0.277 e. The molecule has 1 N–H and O–H groups in total. The van der Waals surface area contributed by atoms with Crippen molar-refractivity contribution in [2.75, 3.05) is 5.01 Å². The summed E-state index contributed by atoms with van der Waals surface area (Å²) in [6, 6.07) is 18.1. The van der Waals surface area contributed by atoms with E-state index in [0.717, 1.165) is 5.01 Å². The molecule has 0 fully saturated rings. The largest absolute Gasteiger partial charge is 0.277 e. The molecule has 3 aromatic carbocycles. The average molecular weight is 406 g/mol. The maximum atomic E-state index is 13.0. The zero-order chi connectivity index (χ0) is 21.7. The second kappa shape index (κ2) is 8.61. The number of anilines is 1. The molecule has 0 radical (unpaired) electrons. The van der Waals surface area contributed by atoms with Crippen molar-refractivity contribution in [1.29, 1.82) is 0 Å². The molecular formula is C20H14N4O6. The van der Waals surface area contributed by atoms with Gasteiger partial charge in [0.15, 0.2) is 0 Å². The van der Waals surface area contributed by atoms with Gasteiger partial charge in [-0.1, -0.05) is 18.2 Å². The number of nitro benzene ring substituents is 2. The smallest absolute Gasteiger partial charge is 0.267 e. The van der Waals surface area contributed by atoms with Crippen LogP contribution in [0.2, 0.25) is 0 Å². The number of hydrazine groups is 1. The van der Waals surface area contributed by atoms with Crippen LogP contribution in [0.1, 0.15) is 20.7 Å². The van der Waals surface area contributed by atoms with E-state index in [1.807, 2.05) is 0 Å². The van der Waals surface area contributed by atoms with Crippen LogP contribution in [-0.4, -0.2) is 21.7 Å². The molecule has 0 aliphatic carbocycles. The molecule has 0 atom stereocenters. The Morgan fingerprint density at radius 2 is 1.17 bits per heavy atom. The number of nitrogens with one attached hydrogen (secondary N) is 1. The van der Waals surface area contributed by atoms with Gasteiger partial charge in [-0.25, -0.2) is 5.01 Å². The van der Waals surface area contributed by atoms with E-state index in [2.05, 4.69) is 5.43 Å². The van der Waals surface area contributed by atoms with Crippen LogP contribution in [-0.2, 0) is 0 Å². The number of hydrogen-bond donors (Lipinski definition) is 1. The fourth-order valence-corrected chi connectivity index (χ4v) is 2.57. The summed E-state index contributed by atoms with van der Waals surface area (Å²) in [5.41, 5.74) is 2.71. The zero-order valence-electron chi connectivity index (χ0n) is 15.3. The summed E-state index contributed by atoms with van der Waals surface area (Å²) in [7, 11) is 0. The predicted molar refractivity (Wildman–Crippen MR) is 107 cm³/mol. The van der Waals surface area contributed by atoms with Gasteiger partial charge in [-0.15, -0.1) is 0 Å². The average Bonchev–Trinajstić information content (AvgIpc) is 2.77. The van der Waals surface area contributed by atoms with Gasteiger partial charge < -0.3 is 0 Å². The van der Waals surface area contributed by atoms with Gasteiger partial charge >= 0.3 is 0 Å². The second-order valence-electron chi connectivity index (χ2n) is 6.03. The molecule has 0 aliphatic rings. The van der Waals surface area contributed by atoms with Crippen molar-refractivity contribution in [3.05, 3.63) is 110 Å². The first-order valence-corrected chi connectivity index (χ1v) is 8.56. The molecule has 30 heavy (non-hydrogen) atoms. The lowest BCUT2D eigenvalue weighted by molar-refractivity contribution is -0.385. The quantitative estimate of drug-likeness (QED) is 0.509. The van der Waals surface area contributed by atoms with Crippen molar-refractivity contribution in [3.8, 4) is 0 Å². The van der Waals surface area contributed by atoms with Crippen molar-refractivity contribution in [1.82, 2.24) is 5.43 Å². The molecule has 10 heteroatoms. The highest BCUT2D eigenvalue weighted by atomic mass is 16.6. The van der Waals surface area contributed by atoms with Crippen LogP contribution in [0, 0.1) is 20.2 Å². The van der Waals surface area contributed by atoms with Crippen LogP contribution in [0.5, 0.6) is 0 Å². The minimum atomic E-state index is -0.663. The summed E-state index contributed by atoms with van der Waals surface area (Å²) in [5.74, 6) is -1.28. The van der Waals surface area contributed by atoms with Gasteiger partial charge in [0, 0.05) is 35.4 Å². The van der Waals surface area contributed by atoms with E-state index in [0.29, 0.717) is 5.69 Å². The van der Waals surface area contributed by atoms with Crippen LogP contribution in [0.3, 0.4) is 0 Å². The lowest BCUT2D eigenvalue weighted by Crippen LogP contribution is -2.46. The van der Waals surface area contributed by atoms with Gasteiger partial charge in [0.25, 0.3) is 23.2 Å². The maximum absolute atomic E-state index is 13.0. The van der Waals surface area contributed by atoms with Crippen LogP contribution >= 0.6 is 0 Å². The van der Waals surface area contributed by atoms with E-state index in [1.165, 1.54) is 48.5 Å². The van der Waals surface area contributed by atoms with Gasteiger partial charge in [0.2, 0.25) is 0 Å². The first-order chi connectivity index (χ1) is 14.4. The number of carbonyl (C=O) groups is 2. The standard InChI is InChI=1S/C20H14N4O6/c25-19(14-6-10-17(11-7-14)23(27)28)21-22(16-4-2-1-3-5-16)20(26)15-8-12-18(13-9-15)24(29)30/h1-13H,(H,21,25). The lowest BCUT2D eigenvalue weighted by Gasteiger charge is -2.23. The Morgan fingerprint density at radius 1 is 0.700 bits per heavy atom. The number of para-hydroxylation sites is 1. The fourth-order valence-electron chi connectivity index (χ4n) is 2.57. The Hall–Kier alpha value is -4.60. The van der Waals surface area contributed by atoms with E-state index in [9.17, 15) is 29.8 Å². The molecule has 150 valence electrons. The van der Waals surface area contributed by atoms with Gasteiger partial charge in [0.1, 0.15) is 0 Å². The third-order valence-electron chi connectivity index (χ3n) is 4.10. The number of carbonyl (C=O) groups excluding carboxylic acids is 2. The molecule has 3 aromatic rings. The predicted octanol–water partition coefficient (Wildman–Crippen LogP) is 3.49. The summed E-state index contributed by atoms with van der Waals surface area (Å²) in [4.78, 5) is 46.0. The molecule has 0 aliphatic heterocycles. The minimum absolute atomic E-state index is 0.109. The van der Waals surface area contributed by atoms with E-state index in [-0.39, 0.29) is 22.5 Å². The van der Waals surface area contributed by atoms with Crippen LogP contribution in [0.4, 0.5) is 17.1 Å². The third-order valence-corrected chi connectivity index (χ3v) is 4.10. The monoisotopic (exact) mass is 406 g/mol. The summed E-state index contributed by atoms with van der Waals surface area (Å²) in [5, 5.41) is 22.6. The third kappa shape index (κ3) is 4.44. The molecule has 0 saturated carbocycles. The summed E-state index contributed by atoms with van der Waals surface area (Å²) in [6.45, 7) is 0. The molecule has 0 aromatic heterocycles. The highest BCUT2D eigenvalue weighted by Crippen LogP contribution is 2.18. The van der Waals surface area contributed by atoms with Gasteiger partial charge in [-0.2, -0.15) is 0 Å². The molecular weight excluding hydrogens is 392 g/mol. The number of nitrogens with zero attached hydrogens (tertiary/aromatic N) is 3. The highest BCUT2D eigenvalue weighted by molar-refractivity contribution is 6.09. The number of benzene rings is 3. The van der Waals surface area contributed by atoms with Crippen LogP contribution in [0.15, 0.2) is 78.9 Å². The number of rotatable bonds is 5. The van der Waals surface area contributed by atoms with Crippen molar-refractivity contribution in [2.24, 2.45) is 0 Å². The molecule has 10 nitrogen and oxygen atoms in total. The van der Waals surface area contributed by atoms with Gasteiger partial charge in [-0.05, 0) is 36.4 Å². The minimum Gasteiger partial charge on any atom is -0.267 e. The Bertz CT molecular complexity index is 1100. The van der Waals surface area contributed by atoms with E-state index >= 15 is 0 Å². The van der Waals surface area contributed by atoms with Crippen molar-refractivity contribution in [2.45, 2.75) is 0 Å². The molecule has 0 bridgehead atoms. The van der Waals surface area contributed by atoms with Crippen molar-refractivity contribution >= 4 is 28.9 Å². The Morgan fingerprint density at radius 3 is 1.63 bits per heavy atom. The van der Waals surface area contributed by atoms with Crippen LogP contribution < -0.4 is 10.4 Å². The number of amides is 2. The Labute approximate surface area is 169 Å². The molecule has 0 saturated heterocycles. The molecule has 3 rings (SSSR count). The molecule has 0 heterocycles. The fraction of sp³-hybridized carbons (Fsp3) is 0. The van der Waals surface area contributed by atoms with Gasteiger partial charge in [0.05, 0.1) is 15.5 Å². The van der Waals surface area contributed by atoms with E-state index < -0.39 is 21.7 Å². The van der Waals surface area contributed by atoms with E-state index in [4.69, 9.17) is 0 Å². The summed E-state index contributed by atoms with van der Waals surface area (Å²) in [6.07, 6.45) is 0. The lowest BCUT2D eigenvalue weighted by atomic mass is 10.1. The number of non-ortho nitro benzene ring substituents is 2. The van der Waals surface area contributed by atoms with E-state index in [1.54, 1.807) is 30.3 Å². The van der Waals surface area contributed by atoms with Crippen LogP contribution in [0.25, 0.3) is 0 Å². The molecule has 0 spiro atoms. The summed E-state index contributed by atoms with van der Waals surface area (Å²) < 4.78 is 0. The zero-order valence-corrected chi connectivity index (χ0v) is 15.3. The Balaban J connectivity index is 1.89. The first-order valence-electron chi connectivity index (χ1n) is 8.56. The highest BCUT2D eigenvalue weighted by Gasteiger charge is 2.22.